The molecule has 4 saturated heterocycles. The van der Waals surface area contributed by atoms with Crippen molar-refractivity contribution in [1.29, 1.82) is 0 Å². The number of halogens is 1. The van der Waals surface area contributed by atoms with Crippen molar-refractivity contribution in [3.05, 3.63) is 0 Å². The molecule has 68 valence electrons. The van der Waals surface area contributed by atoms with Gasteiger partial charge in [0.25, 0.3) is 0 Å². The molecule has 0 saturated carbocycles. The maximum absolute atomic E-state index is 3.88. The third-order valence-corrected chi connectivity index (χ3v) is 3.81. The SMILES string of the molecule is BrC12CN3CCN(CN(C3)C1)C2. The Balaban J connectivity index is 1.95. The van der Waals surface area contributed by atoms with Crippen molar-refractivity contribution < 1.29 is 0 Å². The lowest BCUT2D eigenvalue weighted by Crippen LogP contribution is -2.63. The van der Waals surface area contributed by atoms with Crippen LogP contribution in [0.1, 0.15) is 0 Å². The normalized spacial score (nSPS) is 57.2. The topological polar surface area (TPSA) is 9.72 Å². The lowest BCUT2D eigenvalue weighted by molar-refractivity contribution is 0.0177. The number of rotatable bonds is 0. The van der Waals surface area contributed by atoms with Gasteiger partial charge in [-0.1, -0.05) is 15.9 Å². The van der Waals surface area contributed by atoms with E-state index in [1.54, 1.807) is 0 Å². The summed E-state index contributed by atoms with van der Waals surface area (Å²) in [6.07, 6.45) is 0. The highest BCUT2D eigenvalue weighted by molar-refractivity contribution is 9.10. The molecule has 0 N–H and O–H groups in total. The Labute approximate surface area is 81.4 Å². The first-order valence-corrected chi connectivity index (χ1v) is 5.39. The van der Waals surface area contributed by atoms with Crippen molar-refractivity contribution in [3.8, 4) is 0 Å². The lowest BCUT2D eigenvalue weighted by Gasteiger charge is -2.48. The summed E-state index contributed by atoms with van der Waals surface area (Å²) in [6.45, 7) is 8.58. The maximum atomic E-state index is 3.88. The van der Waals surface area contributed by atoms with Gasteiger partial charge in [-0.05, 0) is 0 Å². The molecule has 4 rings (SSSR count). The highest BCUT2D eigenvalue weighted by Gasteiger charge is 2.44. The molecule has 2 unspecified atom stereocenters. The van der Waals surface area contributed by atoms with Crippen molar-refractivity contribution in [1.82, 2.24) is 14.7 Å². The molecular weight excluding hydrogens is 218 g/mol. The summed E-state index contributed by atoms with van der Waals surface area (Å²) in [6, 6.07) is 0. The van der Waals surface area contributed by atoms with E-state index in [1.807, 2.05) is 0 Å². The van der Waals surface area contributed by atoms with Crippen LogP contribution in [0.4, 0.5) is 0 Å². The summed E-state index contributed by atoms with van der Waals surface area (Å²) in [5.41, 5.74) is 0. The monoisotopic (exact) mass is 231 g/mol. The third kappa shape index (κ3) is 1.13. The second kappa shape index (κ2) is 2.44. The summed E-state index contributed by atoms with van der Waals surface area (Å²) < 4.78 is 0.375. The number of hydrogen-bond acceptors (Lipinski definition) is 3. The average Bonchev–Trinajstić information content (AvgIpc) is 2.14. The molecule has 0 aromatic heterocycles. The molecule has 12 heavy (non-hydrogen) atoms. The highest BCUT2D eigenvalue weighted by Crippen LogP contribution is 2.32. The molecule has 0 radical (unpaired) electrons. The summed E-state index contributed by atoms with van der Waals surface area (Å²) >= 11 is 3.88. The Morgan fingerprint density at radius 1 is 0.833 bits per heavy atom. The van der Waals surface area contributed by atoms with E-state index in [4.69, 9.17) is 0 Å². The van der Waals surface area contributed by atoms with Gasteiger partial charge < -0.3 is 0 Å². The third-order valence-electron chi connectivity index (χ3n) is 3.05. The van der Waals surface area contributed by atoms with E-state index in [9.17, 15) is 0 Å². The smallest absolute Gasteiger partial charge is 0.0639 e. The molecule has 4 heteroatoms. The summed E-state index contributed by atoms with van der Waals surface area (Å²) in [5, 5.41) is 0. The molecular formula is C8H14BrN3. The minimum Gasteiger partial charge on any atom is -0.288 e. The molecule has 3 nitrogen and oxygen atoms in total. The average molecular weight is 232 g/mol. The maximum Gasteiger partial charge on any atom is 0.0639 e. The molecule has 4 heterocycles. The molecule has 4 aliphatic rings. The van der Waals surface area contributed by atoms with E-state index in [-0.39, 0.29) is 0 Å². The van der Waals surface area contributed by atoms with Crippen molar-refractivity contribution in [2.75, 3.05) is 46.1 Å². The zero-order chi connectivity index (χ0) is 8.18. The van der Waals surface area contributed by atoms with Crippen LogP contribution in [-0.4, -0.2) is 65.1 Å². The van der Waals surface area contributed by atoms with Gasteiger partial charge in [0, 0.05) is 32.7 Å². The van der Waals surface area contributed by atoms with Crippen LogP contribution >= 0.6 is 15.9 Å². The fourth-order valence-electron chi connectivity index (χ4n) is 2.75. The lowest BCUT2D eigenvalue weighted by atomic mass is 10.0. The van der Waals surface area contributed by atoms with Crippen LogP contribution in [0.3, 0.4) is 0 Å². The molecule has 0 aliphatic carbocycles. The first kappa shape index (κ1) is 7.74. The van der Waals surface area contributed by atoms with Gasteiger partial charge in [0.1, 0.15) is 0 Å². The Morgan fingerprint density at radius 2 is 1.33 bits per heavy atom. The van der Waals surface area contributed by atoms with Crippen molar-refractivity contribution in [2.45, 2.75) is 4.32 Å². The Kier molecular flexibility index (Phi) is 1.57. The molecule has 2 atom stereocenters. The standard InChI is InChI=1S/C8H14BrN3/c9-8-3-10-1-2-11(4-8)7-12(5-8)6-10/h1-7H2. The van der Waals surface area contributed by atoms with E-state index < -0.39 is 0 Å². The number of alkyl halides is 1. The van der Waals surface area contributed by atoms with Crippen LogP contribution in [0.25, 0.3) is 0 Å². The van der Waals surface area contributed by atoms with E-state index in [1.165, 1.54) is 46.1 Å². The Morgan fingerprint density at radius 3 is 1.83 bits per heavy atom. The van der Waals surface area contributed by atoms with E-state index in [0.717, 1.165) is 0 Å². The highest BCUT2D eigenvalue weighted by atomic mass is 79.9. The predicted molar refractivity (Wildman–Crippen MR) is 51.2 cm³/mol. The fourth-order valence-corrected chi connectivity index (χ4v) is 3.81. The van der Waals surface area contributed by atoms with E-state index >= 15 is 0 Å². The number of nitrogens with zero attached hydrogens (tertiary/aromatic N) is 3. The van der Waals surface area contributed by atoms with Gasteiger partial charge in [0.05, 0.1) is 17.7 Å². The minimum atomic E-state index is 0.375. The van der Waals surface area contributed by atoms with Crippen molar-refractivity contribution >= 4 is 15.9 Å². The van der Waals surface area contributed by atoms with Crippen LogP contribution in [0.5, 0.6) is 0 Å². The first-order valence-electron chi connectivity index (χ1n) is 4.60. The number of fused-ring (bicyclic) bond motifs is 1. The summed E-state index contributed by atoms with van der Waals surface area (Å²) in [5.74, 6) is 0. The second-order valence-corrected chi connectivity index (χ2v) is 6.05. The fraction of sp³-hybridized carbons (Fsp3) is 1.00. The van der Waals surface area contributed by atoms with Crippen LogP contribution in [-0.2, 0) is 0 Å². The summed E-state index contributed by atoms with van der Waals surface area (Å²) in [4.78, 5) is 7.66. The minimum absolute atomic E-state index is 0.375. The molecule has 4 bridgehead atoms. The zero-order valence-electron chi connectivity index (χ0n) is 7.17. The molecule has 4 fully saturated rings. The van der Waals surface area contributed by atoms with Gasteiger partial charge in [-0.25, -0.2) is 0 Å². The Bertz CT molecular complexity index is 192. The van der Waals surface area contributed by atoms with Crippen LogP contribution in [0, 0.1) is 0 Å². The van der Waals surface area contributed by atoms with Gasteiger partial charge >= 0.3 is 0 Å². The van der Waals surface area contributed by atoms with Crippen molar-refractivity contribution in [3.63, 3.8) is 0 Å². The zero-order valence-corrected chi connectivity index (χ0v) is 8.76. The number of hydrogen-bond donors (Lipinski definition) is 0. The van der Waals surface area contributed by atoms with Gasteiger partial charge in [0.2, 0.25) is 0 Å². The van der Waals surface area contributed by atoms with Crippen LogP contribution in [0.15, 0.2) is 0 Å². The predicted octanol–water partition coefficient (Wildman–Crippen LogP) is -0.0181. The van der Waals surface area contributed by atoms with Gasteiger partial charge in [0.15, 0.2) is 0 Å². The van der Waals surface area contributed by atoms with E-state index in [0.29, 0.717) is 4.32 Å². The van der Waals surface area contributed by atoms with E-state index in [2.05, 4.69) is 30.6 Å². The largest absolute Gasteiger partial charge is 0.288 e. The van der Waals surface area contributed by atoms with Crippen molar-refractivity contribution in [2.24, 2.45) is 0 Å². The Hall–Kier alpha value is 0.360. The second-order valence-electron chi connectivity index (χ2n) is 4.37. The molecule has 0 spiro atoms. The quantitative estimate of drug-likeness (QED) is 0.543. The first-order chi connectivity index (χ1) is 5.73. The summed E-state index contributed by atoms with van der Waals surface area (Å²) in [7, 11) is 0. The molecule has 0 aromatic carbocycles. The van der Waals surface area contributed by atoms with Crippen LogP contribution < -0.4 is 0 Å². The molecule has 0 aromatic rings. The molecule has 0 amide bonds. The molecule has 4 aliphatic heterocycles. The van der Waals surface area contributed by atoms with Gasteiger partial charge in [-0.2, -0.15) is 0 Å². The van der Waals surface area contributed by atoms with Gasteiger partial charge in [-0.3, -0.25) is 14.7 Å². The van der Waals surface area contributed by atoms with Crippen LogP contribution in [0.2, 0.25) is 0 Å². The van der Waals surface area contributed by atoms with Gasteiger partial charge in [-0.15, -0.1) is 0 Å².